The second-order valence-corrected chi connectivity index (χ2v) is 6.55. The number of anilines is 1. The molecule has 4 heteroatoms. The highest BCUT2D eigenvalue weighted by molar-refractivity contribution is 7.80. The van der Waals surface area contributed by atoms with Gasteiger partial charge in [0.15, 0.2) is 5.11 Å². The van der Waals surface area contributed by atoms with Crippen molar-refractivity contribution in [1.29, 1.82) is 0 Å². The van der Waals surface area contributed by atoms with Crippen LogP contribution in [0.25, 0.3) is 0 Å². The molecule has 20 heavy (non-hydrogen) atoms. The minimum absolute atomic E-state index is 0.502. The maximum absolute atomic E-state index is 6.35. The van der Waals surface area contributed by atoms with Crippen molar-refractivity contribution in [3.8, 4) is 0 Å². The van der Waals surface area contributed by atoms with Crippen LogP contribution in [-0.4, -0.2) is 22.6 Å². The van der Waals surface area contributed by atoms with Gasteiger partial charge in [0.25, 0.3) is 0 Å². The van der Waals surface area contributed by atoms with E-state index >= 15 is 0 Å². The largest absolute Gasteiger partial charge is 0.346 e. The molecule has 0 amide bonds. The average molecular weight is 311 g/mol. The van der Waals surface area contributed by atoms with Crippen LogP contribution >= 0.6 is 23.8 Å². The molecule has 1 unspecified atom stereocenters. The summed E-state index contributed by atoms with van der Waals surface area (Å²) >= 11 is 11.9. The van der Waals surface area contributed by atoms with Crippen LogP contribution in [0.2, 0.25) is 5.02 Å². The molecule has 0 aromatic heterocycles. The zero-order chi connectivity index (χ0) is 14.7. The maximum atomic E-state index is 6.35. The summed E-state index contributed by atoms with van der Waals surface area (Å²) in [6.45, 7) is 7.41. The molecule has 2 rings (SSSR count). The lowest BCUT2D eigenvalue weighted by atomic mass is 10.1. The summed E-state index contributed by atoms with van der Waals surface area (Å²) in [5, 5.41) is 4.90. The van der Waals surface area contributed by atoms with Gasteiger partial charge in [0.2, 0.25) is 0 Å². The van der Waals surface area contributed by atoms with E-state index in [2.05, 4.69) is 37.1 Å². The minimum atomic E-state index is 0.502. The first-order valence-corrected chi connectivity index (χ1v) is 8.12. The second kappa shape index (κ2) is 6.77. The third-order valence-corrected chi connectivity index (χ3v) is 4.61. The highest BCUT2D eigenvalue weighted by Gasteiger charge is 2.20. The summed E-state index contributed by atoms with van der Waals surface area (Å²) in [5.74, 6) is 0. The third kappa shape index (κ3) is 3.64. The Hall–Kier alpha value is -0.800. The summed E-state index contributed by atoms with van der Waals surface area (Å²) in [7, 11) is 0. The van der Waals surface area contributed by atoms with Gasteiger partial charge in [-0.15, -0.1) is 0 Å². The van der Waals surface area contributed by atoms with Gasteiger partial charge < -0.3 is 10.2 Å². The zero-order valence-electron chi connectivity index (χ0n) is 12.5. The minimum Gasteiger partial charge on any atom is -0.346 e. The number of aryl methyl sites for hydroxylation is 2. The Balaban J connectivity index is 2.15. The quantitative estimate of drug-likeness (QED) is 0.741. The molecular weight excluding hydrogens is 288 g/mol. The van der Waals surface area contributed by atoms with E-state index in [9.17, 15) is 0 Å². The number of halogens is 1. The number of rotatable bonds is 1. The van der Waals surface area contributed by atoms with Crippen molar-refractivity contribution >= 4 is 34.6 Å². The predicted octanol–water partition coefficient (Wildman–Crippen LogP) is 4.92. The molecule has 1 aromatic carbocycles. The number of benzene rings is 1. The van der Waals surface area contributed by atoms with Crippen LogP contribution < -0.4 is 5.32 Å². The lowest BCUT2D eigenvalue weighted by Crippen LogP contribution is -2.41. The van der Waals surface area contributed by atoms with E-state index in [1.807, 2.05) is 6.07 Å². The Morgan fingerprint density at radius 2 is 2.05 bits per heavy atom. The van der Waals surface area contributed by atoms with Gasteiger partial charge >= 0.3 is 0 Å². The molecule has 1 aromatic rings. The molecule has 0 saturated carbocycles. The van der Waals surface area contributed by atoms with E-state index < -0.39 is 0 Å². The molecule has 0 bridgehead atoms. The first-order chi connectivity index (χ1) is 9.49. The number of hydrogen-bond donors (Lipinski definition) is 1. The van der Waals surface area contributed by atoms with Gasteiger partial charge in [-0.05, 0) is 63.0 Å². The molecule has 0 aliphatic carbocycles. The molecule has 0 radical (unpaired) electrons. The van der Waals surface area contributed by atoms with Gasteiger partial charge in [0.1, 0.15) is 0 Å². The van der Waals surface area contributed by atoms with E-state index in [4.69, 9.17) is 23.8 Å². The Morgan fingerprint density at radius 1 is 1.30 bits per heavy atom. The Kier molecular flexibility index (Phi) is 5.28. The van der Waals surface area contributed by atoms with E-state index in [1.165, 1.54) is 31.2 Å². The lowest BCUT2D eigenvalue weighted by molar-refractivity contribution is 0.341. The summed E-state index contributed by atoms with van der Waals surface area (Å²) < 4.78 is 0. The molecule has 1 aliphatic heterocycles. The Morgan fingerprint density at radius 3 is 2.75 bits per heavy atom. The van der Waals surface area contributed by atoms with Crippen LogP contribution in [0.15, 0.2) is 12.1 Å². The SMILES string of the molecule is Cc1cc(C)c(NC(=S)N2CCCCCC2C)c(Cl)c1. The molecule has 1 atom stereocenters. The lowest BCUT2D eigenvalue weighted by Gasteiger charge is -2.30. The maximum Gasteiger partial charge on any atom is 0.173 e. The van der Waals surface area contributed by atoms with E-state index in [0.717, 1.165) is 27.9 Å². The van der Waals surface area contributed by atoms with Crippen LogP contribution in [-0.2, 0) is 0 Å². The second-order valence-electron chi connectivity index (χ2n) is 5.76. The molecule has 1 fully saturated rings. The van der Waals surface area contributed by atoms with Gasteiger partial charge in [0.05, 0.1) is 10.7 Å². The van der Waals surface area contributed by atoms with E-state index in [-0.39, 0.29) is 0 Å². The molecule has 2 nitrogen and oxygen atoms in total. The van der Waals surface area contributed by atoms with E-state index in [0.29, 0.717) is 6.04 Å². The highest BCUT2D eigenvalue weighted by Crippen LogP contribution is 2.28. The molecule has 1 saturated heterocycles. The summed E-state index contributed by atoms with van der Waals surface area (Å²) in [5.41, 5.74) is 3.26. The third-order valence-electron chi connectivity index (χ3n) is 3.98. The first kappa shape index (κ1) is 15.6. The Labute approximate surface area is 132 Å². The summed E-state index contributed by atoms with van der Waals surface area (Å²) in [6, 6.07) is 4.61. The summed E-state index contributed by atoms with van der Waals surface area (Å²) in [6.07, 6.45) is 5.02. The zero-order valence-corrected chi connectivity index (χ0v) is 14.1. The fourth-order valence-corrected chi connectivity index (χ4v) is 3.57. The van der Waals surface area contributed by atoms with Crippen molar-refractivity contribution in [3.63, 3.8) is 0 Å². The van der Waals surface area contributed by atoms with Crippen molar-refractivity contribution < 1.29 is 0 Å². The number of nitrogens with zero attached hydrogens (tertiary/aromatic N) is 1. The van der Waals surface area contributed by atoms with E-state index in [1.54, 1.807) is 0 Å². The normalized spacial score (nSPS) is 19.6. The van der Waals surface area contributed by atoms with Crippen molar-refractivity contribution in [3.05, 3.63) is 28.3 Å². The molecular formula is C16H23ClN2S. The fraction of sp³-hybridized carbons (Fsp3) is 0.562. The van der Waals surface area contributed by atoms with Gasteiger partial charge in [-0.2, -0.15) is 0 Å². The number of nitrogens with one attached hydrogen (secondary N) is 1. The van der Waals surface area contributed by atoms with Crippen molar-refractivity contribution in [1.82, 2.24) is 4.90 Å². The van der Waals surface area contributed by atoms with Crippen LogP contribution in [0.4, 0.5) is 5.69 Å². The fourth-order valence-electron chi connectivity index (χ4n) is 2.83. The van der Waals surface area contributed by atoms with Crippen molar-refractivity contribution in [2.75, 3.05) is 11.9 Å². The van der Waals surface area contributed by atoms with Gasteiger partial charge in [-0.1, -0.05) is 30.5 Å². The van der Waals surface area contributed by atoms with Crippen LogP contribution in [0.3, 0.4) is 0 Å². The smallest absolute Gasteiger partial charge is 0.173 e. The van der Waals surface area contributed by atoms with Gasteiger partial charge in [-0.25, -0.2) is 0 Å². The van der Waals surface area contributed by atoms with Gasteiger partial charge in [0, 0.05) is 12.6 Å². The summed E-state index contributed by atoms with van der Waals surface area (Å²) in [4.78, 5) is 2.30. The first-order valence-electron chi connectivity index (χ1n) is 7.33. The molecule has 0 spiro atoms. The van der Waals surface area contributed by atoms with Crippen LogP contribution in [0, 0.1) is 13.8 Å². The standard InChI is InChI=1S/C16H23ClN2S/c1-11-9-12(2)15(14(17)10-11)18-16(20)19-8-6-4-5-7-13(19)3/h9-10,13H,4-8H2,1-3H3,(H,18,20). The molecule has 110 valence electrons. The predicted molar refractivity (Wildman–Crippen MR) is 91.8 cm³/mol. The van der Waals surface area contributed by atoms with Crippen LogP contribution in [0.1, 0.15) is 43.7 Å². The molecule has 1 aliphatic rings. The molecule has 1 heterocycles. The topological polar surface area (TPSA) is 15.3 Å². The average Bonchev–Trinajstić information content (AvgIpc) is 2.58. The number of likely N-dealkylation sites (tertiary alicyclic amines) is 1. The van der Waals surface area contributed by atoms with Crippen molar-refractivity contribution in [2.24, 2.45) is 0 Å². The number of thiocarbonyl (C=S) groups is 1. The monoisotopic (exact) mass is 310 g/mol. The highest BCUT2D eigenvalue weighted by atomic mass is 35.5. The Bertz CT molecular complexity index is 478. The van der Waals surface area contributed by atoms with Crippen molar-refractivity contribution in [2.45, 2.75) is 52.5 Å². The van der Waals surface area contributed by atoms with Gasteiger partial charge in [-0.3, -0.25) is 0 Å². The number of hydrogen-bond acceptors (Lipinski definition) is 1. The van der Waals surface area contributed by atoms with Crippen LogP contribution in [0.5, 0.6) is 0 Å². The molecule has 1 N–H and O–H groups in total.